The van der Waals surface area contributed by atoms with Crippen LogP contribution in [0.15, 0.2) is 83.3 Å². The highest BCUT2D eigenvalue weighted by Gasteiger charge is 2.30. The Hall–Kier alpha value is -3.17. The predicted molar refractivity (Wildman–Crippen MR) is 169 cm³/mol. The van der Waals surface area contributed by atoms with E-state index in [1.54, 1.807) is 11.0 Å². The van der Waals surface area contributed by atoms with Gasteiger partial charge in [0.2, 0.25) is 21.8 Å². The molecule has 7 nitrogen and oxygen atoms in total. The fourth-order valence-electron chi connectivity index (χ4n) is 4.60. The zero-order chi connectivity index (χ0) is 30.0. The number of rotatable bonds is 14. The Morgan fingerprint density at radius 2 is 1.61 bits per heavy atom. The number of sulfonamides is 1. The van der Waals surface area contributed by atoms with E-state index < -0.39 is 16.1 Å². The van der Waals surface area contributed by atoms with Gasteiger partial charge in [-0.2, -0.15) is 0 Å². The highest BCUT2D eigenvalue weighted by molar-refractivity contribution is 9.10. The van der Waals surface area contributed by atoms with E-state index in [4.69, 9.17) is 0 Å². The van der Waals surface area contributed by atoms with Gasteiger partial charge < -0.3 is 10.2 Å². The Bertz CT molecular complexity index is 1410. The fourth-order valence-corrected chi connectivity index (χ4v) is 6.00. The van der Waals surface area contributed by atoms with Gasteiger partial charge in [0.1, 0.15) is 6.04 Å². The molecular weight excluding hydrogens is 602 g/mol. The summed E-state index contributed by atoms with van der Waals surface area (Å²) < 4.78 is 27.5. The van der Waals surface area contributed by atoms with Gasteiger partial charge in [-0.15, -0.1) is 0 Å². The molecule has 0 saturated carbocycles. The maximum absolute atomic E-state index is 13.9. The van der Waals surface area contributed by atoms with Crippen LogP contribution in [-0.4, -0.2) is 50.5 Å². The van der Waals surface area contributed by atoms with Crippen LogP contribution in [0, 0.1) is 12.8 Å². The lowest BCUT2D eigenvalue weighted by atomic mass is 10.0. The Labute approximate surface area is 253 Å². The minimum atomic E-state index is -3.55. The van der Waals surface area contributed by atoms with Crippen molar-refractivity contribution in [2.75, 3.05) is 23.7 Å². The number of carbonyl (C=O) groups is 2. The van der Waals surface area contributed by atoms with Gasteiger partial charge in [-0.3, -0.25) is 13.9 Å². The van der Waals surface area contributed by atoms with E-state index in [0.29, 0.717) is 25.1 Å². The monoisotopic (exact) mass is 641 g/mol. The van der Waals surface area contributed by atoms with Crippen molar-refractivity contribution in [3.8, 4) is 0 Å². The Morgan fingerprint density at radius 1 is 0.927 bits per heavy atom. The standard InChI is InChI=1S/C32H40BrN3O4S/c1-24(2)22-34-32(38)30(21-26-12-6-5-7-13-26)35(23-27-14-9-15-28(33)20-27)31(37)17-10-18-36(41(4,39)40)29-16-8-11-25(3)19-29/h5-9,11-16,19-20,24,30H,10,17-18,21-23H2,1-4H3,(H,34,38)/t30-/m0/s1. The molecular formula is C32H40BrN3O4S. The first-order valence-corrected chi connectivity index (χ1v) is 16.5. The highest BCUT2D eigenvalue weighted by Crippen LogP contribution is 2.22. The quantitative estimate of drug-likeness (QED) is 0.244. The number of nitrogens with zero attached hydrogens (tertiary/aromatic N) is 2. The molecule has 41 heavy (non-hydrogen) atoms. The summed E-state index contributed by atoms with van der Waals surface area (Å²) in [5, 5.41) is 3.03. The van der Waals surface area contributed by atoms with Gasteiger partial charge in [0.25, 0.3) is 0 Å². The third-order valence-electron chi connectivity index (χ3n) is 6.64. The number of halogens is 1. The molecule has 0 aliphatic carbocycles. The van der Waals surface area contributed by atoms with Crippen molar-refractivity contribution < 1.29 is 18.0 Å². The van der Waals surface area contributed by atoms with E-state index in [1.807, 2.05) is 93.6 Å². The van der Waals surface area contributed by atoms with Gasteiger partial charge in [0.15, 0.2) is 0 Å². The summed E-state index contributed by atoms with van der Waals surface area (Å²) in [5.74, 6) is -0.152. The van der Waals surface area contributed by atoms with Crippen LogP contribution in [0.2, 0.25) is 0 Å². The molecule has 3 aromatic rings. The van der Waals surface area contributed by atoms with Crippen molar-refractivity contribution >= 4 is 43.5 Å². The van der Waals surface area contributed by atoms with Crippen molar-refractivity contribution in [2.24, 2.45) is 5.92 Å². The summed E-state index contributed by atoms with van der Waals surface area (Å²) in [6.07, 6.45) is 1.93. The molecule has 0 unspecified atom stereocenters. The van der Waals surface area contributed by atoms with E-state index in [2.05, 4.69) is 21.2 Å². The molecule has 9 heteroatoms. The average molecular weight is 643 g/mol. The summed E-state index contributed by atoms with van der Waals surface area (Å²) in [6, 6.07) is 23.9. The van der Waals surface area contributed by atoms with Crippen molar-refractivity contribution in [3.63, 3.8) is 0 Å². The average Bonchev–Trinajstić information content (AvgIpc) is 2.91. The van der Waals surface area contributed by atoms with Crippen LogP contribution in [0.5, 0.6) is 0 Å². The minimum Gasteiger partial charge on any atom is -0.354 e. The zero-order valence-corrected chi connectivity index (χ0v) is 26.6. The largest absolute Gasteiger partial charge is 0.354 e. The molecule has 0 radical (unpaired) electrons. The molecule has 0 heterocycles. The van der Waals surface area contributed by atoms with E-state index in [0.717, 1.165) is 21.2 Å². The normalized spacial score (nSPS) is 12.1. The third kappa shape index (κ3) is 10.3. The lowest BCUT2D eigenvalue weighted by Gasteiger charge is -2.32. The molecule has 0 fully saturated rings. The predicted octanol–water partition coefficient (Wildman–Crippen LogP) is 5.72. The van der Waals surface area contributed by atoms with Crippen LogP contribution in [0.25, 0.3) is 0 Å². The molecule has 0 aromatic heterocycles. The smallest absolute Gasteiger partial charge is 0.243 e. The number of benzene rings is 3. The zero-order valence-electron chi connectivity index (χ0n) is 24.2. The molecule has 1 N–H and O–H groups in total. The van der Waals surface area contributed by atoms with Gasteiger partial charge in [-0.25, -0.2) is 8.42 Å². The first-order chi connectivity index (χ1) is 19.4. The summed E-state index contributed by atoms with van der Waals surface area (Å²) in [4.78, 5) is 29.1. The maximum atomic E-state index is 13.9. The van der Waals surface area contributed by atoms with Gasteiger partial charge in [0, 0.05) is 36.9 Å². The SMILES string of the molecule is Cc1cccc(N(CCCC(=O)N(Cc2cccc(Br)c2)[C@@H](Cc2ccccc2)C(=O)NCC(C)C)S(C)(=O)=O)c1. The molecule has 2 amide bonds. The van der Waals surface area contributed by atoms with Gasteiger partial charge in [0.05, 0.1) is 11.9 Å². The fraction of sp³-hybridized carbons (Fsp3) is 0.375. The second-order valence-electron chi connectivity index (χ2n) is 10.8. The van der Waals surface area contributed by atoms with Gasteiger partial charge >= 0.3 is 0 Å². The Kier molecular flexibility index (Phi) is 12.0. The molecule has 0 bridgehead atoms. The van der Waals surface area contributed by atoms with E-state index in [9.17, 15) is 18.0 Å². The topological polar surface area (TPSA) is 86.8 Å². The van der Waals surface area contributed by atoms with Gasteiger partial charge in [-0.1, -0.05) is 84.4 Å². The number of anilines is 1. The molecule has 220 valence electrons. The molecule has 0 aliphatic heterocycles. The Balaban J connectivity index is 1.88. The number of amides is 2. The number of hydrogen-bond acceptors (Lipinski definition) is 4. The number of aryl methyl sites for hydroxylation is 1. The number of hydrogen-bond donors (Lipinski definition) is 1. The third-order valence-corrected chi connectivity index (χ3v) is 8.33. The van der Waals surface area contributed by atoms with Crippen molar-refractivity contribution in [1.82, 2.24) is 10.2 Å². The maximum Gasteiger partial charge on any atom is 0.243 e. The first-order valence-electron chi connectivity index (χ1n) is 13.8. The molecule has 3 aromatic carbocycles. The minimum absolute atomic E-state index is 0.0919. The molecule has 0 spiro atoms. The van der Waals surface area contributed by atoms with E-state index >= 15 is 0 Å². The molecule has 0 aliphatic rings. The second-order valence-corrected chi connectivity index (χ2v) is 13.6. The van der Waals surface area contributed by atoms with Crippen LogP contribution in [0.3, 0.4) is 0 Å². The van der Waals surface area contributed by atoms with Gasteiger partial charge in [-0.05, 0) is 60.2 Å². The van der Waals surface area contributed by atoms with Crippen molar-refractivity contribution in [3.05, 3.63) is 100 Å². The van der Waals surface area contributed by atoms with Crippen LogP contribution < -0.4 is 9.62 Å². The van der Waals surface area contributed by atoms with Crippen molar-refractivity contribution in [2.45, 2.75) is 52.6 Å². The first kappa shape index (κ1) is 32.3. The molecule has 3 rings (SSSR count). The number of carbonyl (C=O) groups excluding carboxylic acids is 2. The van der Waals surface area contributed by atoms with E-state index in [1.165, 1.54) is 10.6 Å². The van der Waals surface area contributed by atoms with Crippen LogP contribution in [0.1, 0.15) is 43.4 Å². The van der Waals surface area contributed by atoms with Crippen LogP contribution in [-0.2, 0) is 32.6 Å². The molecule has 0 saturated heterocycles. The summed E-state index contributed by atoms with van der Waals surface area (Å²) in [7, 11) is -3.55. The van der Waals surface area contributed by atoms with E-state index in [-0.39, 0.29) is 37.2 Å². The number of nitrogens with one attached hydrogen (secondary N) is 1. The van der Waals surface area contributed by atoms with Crippen LogP contribution >= 0.6 is 15.9 Å². The summed E-state index contributed by atoms with van der Waals surface area (Å²) in [6.45, 7) is 6.87. The van der Waals surface area contributed by atoms with Crippen molar-refractivity contribution in [1.29, 1.82) is 0 Å². The lowest BCUT2D eigenvalue weighted by Crippen LogP contribution is -2.51. The van der Waals surface area contributed by atoms with Crippen LogP contribution in [0.4, 0.5) is 5.69 Å². The Morgan fingerprint density at radius 3 is 2.24 bits per heavy atom. The summed E-state index contributed by atoms with van der Waals surface area (Å²) >= 11 is 3.51. The lowest BCUT2D eigenvalue weighted by molar-refractivity contribution is -0.141. The summed E-state index contributed by atoms with van der Waals surface area (Å²) in [5.41, 5.74) is 3.36. The molecule has 1 atom stereocenters. The highest BCUT2D eigenvalue weighted by atomic mass is 79.9. The second kappa shape index (κ2) is 15.2.